The van der Waals surface area contributed by atoms with Crippen LogP contribution in [0.1, 0.15) is 103 Å². The van der Waals surface area contributed by atoms with Crippen molar-refractivity contribution in [2.45, 2.75) is 135 Å². The lowest BCUT2D eigenvalue weighted by atomic mass is 10.0. The summed E-state index contributed by atoms with van der Waals surface area (Å²) in [5.41, 5.74) is 0. The van der Waals surface area contributed by atoms with Gasteiger partial charge in [-0.2, -0.15) is 0 Å². The molecular weight excluding hydrogens is 352 g/mol. The number of hydrogen-bond acceptors (Lipinski definition) is 2. The van der Waals surface area contributed by atoms with E-state index in [2.05, 4.69) is 33.1 Å². The van der Waals surface area contributed by atoms with Gasteiger partial charge in [0.1, 0.15) is 0 Å². The Kier molecular flexibility index (Phi) is 16.5. The number of rotatable bonds is 19. The number of hydrogen-bond donors (Lipinski definition) is 0. The van der Waals surface area contributed by atoms with E-state index in [4.69, 9.17) is 8.54 Å². The molecule has 4 heteroatoms. The van der Waals surface area contributed by atoms with Gasteiger partial charge in [0.05, 0.1) is 0 Å². The van der Waals surface area contributed by atoms with E-state index in [0.29, 0.717) is 0 Å². The van der Waals surface area contributed by atoms with Crippen molar-refractivity contribution < 1.29 is 8.54 Å². The summed E-state index contributed by atoms with van der Waals surface area (Å²) in [6.45, 7) is 11.3. The van der Waals surface area contributed by atoms with E-state index < -0.39 is 16.9 Å². The van der Waals surface area contributed by atoms with Crippen LogP contribution in [0.5, 0.6) is 0 Å². The fraction of sp³-hybridized carbons (Fsp3) is 1.00. The molecule has 0 rings (SSSR count). The summed E-state index contributed by atoms with van der Waals surface area (Å²) in [5.74, 6) is 0. The molecule has 0 N–H and O–H groups in total. The molecule has 0 amide bonds. The molecule has 0 aromatic rings. The lowest BCUT2D eigenvalue weighted by Crippen LogP contribution is -2.46. The molecule has 1 unspecified atom stereocenters. The maximum absolute atomic E-state index is 6.35. The van der Waals surface area contributed by atoms with Crippen LogP contribution in [0.3, 0.4) is 0 Å². The standard InChI is InChI=1S/C22H50O2Si2/c1-7-8-9-10-11-12-13-14-15-16-17-18-19-20-21-22-26(6,23-2)24-25(3,4)5/h7-22H2,1-6H3. The van der Waals surface area contributed by atoms with E-state index in [9.17, 15) is 0 Å². The van der Waals surface area contributed by atoms with Gasteiger partial charge in [-0.3, -0.25) is 0 Å². The highest BCUT2D eigenvalue weighted by molar-refractivity contribution is 6.81. The molecule has 0 fully saturated rings. The van der Waals surface area contributed by atoms with Crippen LogP contribution in [0.25, 0.3) is 0 Å². The molecule has 0 bridgehead atoms. The van der Waals surface area contributed by atoms with E-state index in [-0.39, 0.29) is 0 Å². The molecule has 0 saturated heterocycles. The normalized spacial score (nSPS) is 14.5. The van der Waals surface area contributed by atoms with Crippen molar-refractivity contribution in [2.24, 2.45) is 0 Å². The maximum atomic E-state index is 6.35. The Labute approximate surface area is 168 Å². The van der Waals surface area contributed by atoms with Crippen LogP contribution in [-0.2, 0) is 8.54 Å². The van der Waals surface area contributed by atoms with E-state index in [1.165, 1.54) is 96.3 Å². The smallest absolute Gasteiger partial charge is 0.324 e. The average Bonchev–Trinajstić information content (AvgIpc) is 2.57. The first-order valence-electron chi connectivity index (χ1n) is 11.6. The lowest BCUT2D eigenvalue weighted by molar-refractivity contribution is 0.300. The minimum Gasteiger partial charge on any atom is -0.436 e. The van der Waals surface area contributed by atoms with Crippen LogP contribution in [0.2, 0.25) is 32.2 Å². The van der Waals surface area contributed by atoms with E-state index in [1.54, 1.807) is 0 Å². The molecule has 2 nitrogen and oxygen atoms in total. The SMILES string of the molecule is CCCCCCCCCCCCCCCCC[Si](C)(OC)O[Si](C)(C)C. The number of unbranched alkanes of at least 4 members (excludes halogenated alkanes) is 14. The van der Waals surface area contributed by atoms with Crippen molar-refractivity contribution in [3.8, 4) is 0 Å². The summed E-state index contributed by atoms with van der Waals surface area (Å²) in [7, 11) is -1.54. The summed E-state index contributed by atoms with van der Waals surface area (Å²) in [6.07, 6.45) is 21.3. The van der Waals surface area contributed by atoms with Gasteiger partial charge in [0.2, 0.25) is 0 Å². The molecule has 0 spiro atoms. The van der Waals surface area contributed by atoms with Gasteiger partial charge in [0, 0.05) is 7.11 Å². The van der Waals surface area contributed by atoms with Gasteiger partial charge in [-0.15, -0.1) is 0 Å². The molecule has 26 heavy (non-hydrogen) atoms. The van der Waals surface area contributed by atoms with Gasteiger partial charge < -0.3 is 8.54 Å². The third-order valence-electron chi connectivity index (χ3n) is 5.19. The molecule has 0 radical (unpaired) electrons. The highest BCUT2D eigenvalue weighted by atomic mass is 28.4. The largest absolute Gasteiger partial charge is 0.436 e. The van der Waals surface area contributed by atoms with Crippen LogP contribution in [0.15, 0.2) is 0 Å². The highest BCUT2D eigenvalue weighted by Gasteiger charge is 2.34. The summed E-state index contributed by atoms with van der Waals surface area (Å²) < 4.78 is 12.1. The van der Waals surface area contributed by atoms with Crippen LogP contribution < -0.4 is 0 Å². The Bertz CT molecular complexity index is 305. The van der Waals surface area contributed by atoms with Crippen molar-refractivity contribution in [3.05, 3.63) is 0 Å². The van der Waals surface area contributed by atoms with Gasteiger partial charge in [-0.05, 0) is 32.2 Å². The Morgan fingerprint density at radius 2 is 0.885 bits per heavy atom. The molecule has 0 aliphatic heterocycles. The first kappa shape index (κ1) is 26.4. The Hall–Kier alpha value is 0.354. The predicted molar refractivity (Wildman–Crippen MR) is 123 cm³/mol. The fourth-order valence-electron chi connectivity index (χ4n) is 3.66. The molecule has 0 heterocycles. The van der Waals surface area contributed by atoms with Gasteiger partial charge >= 0.3 is 8.56 Å². The lowest BCUT2D eigenvalue weighted by Gasteiger charge is -2.32. The molecular formula is C22H50O2Si2. The monoisotopic (exact) mass is 402 g/mol. The summed E-state index contributed by atoms with van der Waals surface area (Å²) in [5, 5.41) is 0. The third-order valence-corrected chi connectivity index (χ3v) is 11.5. The molecule has 0 aromatic carbocycles. The second-order valence-electron chi connectivity index (χ2n) is 9.25. The Balaban J connectivity index is 3.38. The van der Waals surface area contributed by atoms with Crippen LogP contribution >= 0.6 is 0 Å². The molecule has 0 aliphatic rings. The first-order chi connectivity index (χ1) is 12.3. The van der Waals surface area contributed by atoms with Crippen molar-refractivity contribution in [1.82, 2.24) is 0 Å². The molecule has 0 aliphatic carbocycles. The summed E-state index contributed by atoms with van der Waals surface area (Å²) >= 11 is 0. The summed E-state index contributed by atoms with van der Waals surface area (Å²) in [4.78, 5) is 0. The zero-order valence-corrected chi connectivity index (χ0v) is 21.1. The molecule has 1 atom stereocenters. The second-order valence-corrected chi connectivity index (χ2v) is 17.5. The second kappa shape index (κ2) is 16.3. The van der Waals surface area contributed by atoms with Gasteiger partial charge in [0.25, 0.3) is 0 Å². The maximum Gasteiger partial charge on any atom is 0.324 e. The molecule has 0 aromatic heterocycles. The first-order valence-corrected chi connectivity index (χ1v) is 17.5. The van der Waals surface area contributed by atoms with E-state index in [1.807, 2.05) is 7.11 Å². The van der Waals surface area contributed by atoms with Gasteiger partial charge in [-0.25, -0.2) is 0 Å². The molecule has 0 saturated carbocycles. The molecule has 158 valence electrons. The van der Waals surface area contributed by atoms with E-state index >= 15 is 0 Å². The minimum atomic E-state index is -1.90. The van der Waals surface area contributed by atoms with Gasteiger partial charge in [0.15, 0.2) is 8.32 Å². The van der Waals surface area contributed by atoms with Crippen molar-refractivity contribution in [1.29, 1.82) is 0 Å². The quantitative estimate of drug-likeness (QED) is 0.159. The topological polar surface area (TPSA) is 18.5 Å². The zero-order valence-electron chi connectivity index (χ0n) is 19.1. The Morgan fingerprint density at radius 1 is 0.538 bits per heavy atom. The van der Waals surface area contributed by atoms with Gasteiger partial charge in [-0.1, -0.05) is 103 Å². The fourth-order valence-corrected chi connectivity index (χ4v) is 10.7. The highest BCUT2D eigenvalue weighted by Crippen LogP contribution is 2.22. The minimum absolute atomic E-state index is 1.16. The average molecular weight is 403 g/mol. The van der Waals surface area contributed by atoms with Crippen molar-refractivity contribution >= 4 is 16.9 Å². The predicted octanol–water partition coefficient (Wildman–Crippen LogP) is 8.43. The Morgan fingerprint density at radius 3 is 1.19 bits per heavy atom. The van der Waals surface area contributed by atoms with E-state index in [0.717, 1.165) is 6.04 Å². The third kappa shape index (κ3) is 17.8. The summed E-state index contributed by atoms with van der Waals surface area (Å²) in [6, 6.07) is 1.16. The zero-order chi connectivity index (χ0) is 19.7. The van der Waals surface area contributed by atoms with Crippen LogP contribution in [-0.4, -0.2) is 24.0 Å². The van der Waals surface area contributed by atoms with Crippen molar-refractivity contribution in [2.75, 3.05) is 7.11 Å². The van der Waals surface area contributed by atoms with Crippen LogP contribution in [0.4, 0.5) is 0 Å². The van der Waals surface area contributed by atoms with Crippen LogP contribution in [0, 0.1) is 0 Å². The van der Waals surface area contributed by atoms with Crippen molar-refractivity contribution in [3.63, 3.8) is 0 Å².